The molecule has 1 aromatic heterocycles. The van der Waals surface area contributed by atoms with E-state index in [0.29, 0.717) is 18.5 Å². The molecule has 0 atom stereocenters. The summed E-state index contributed by atoms with van der Waals surface area (Å²) in [6.07, 6.45) is 4.87. The first-order valence-corrected chi connectivity index (χ1v) is 8.95. The van der Waals surface area contributed by atoms with Gasteiger partial charge in [-0.1, -0.05) is 12.8 Å². The lowest BCUT2D eigenvalue weighted by Gasteiger charge is -2.29. The number of likely N-dealkylation sites (tertiary alicyclic amines) is 1. The Kier molecular flexibility index (Phi) is 6.24. The van der Waals surface area contributed by atoms with Crippen molar-refractivity contribution in [3.8, 4) is 0 Å². The summed E-state index contributed by atoms with van der Waals surface area (Å²) >= 11 is 1.83. The minimum Gasteiger partial charge on any atom is -0.342 e. The van der Waals surface area contributed by atoms with E-state index in [1.165, 1.54) is 22.6 Å². The summed E-state index contributed by atoms with van der Waals surface area (Å²) in [5, 5.41) is 0. The van der Waals surface area contributed by atoms with Crippen molar-refractivity contribution in [1.29, 1.82) is 0 Å². The standard InChI is InChI=1S/C17H28N2OS/c1-14(2)19(12-16-9-8-15(3)21-16)13-17(20)18-10-6-4-5-7-11-18/h8-9,14H,4-7,10-13H2,1-3H3. The van der Waals surface area contributed by atoms with E-state index in [4.69, 9.17) is 0 Å². The average Bonchev–Trinajstić information content (AvgIpc) is 2.69. The normalized spacial score (nSPS) is 16.5. The van der Waals surface area contributed by atoms with Crippen LogP contribution in [0.1, 0.15) is 49.3 Å². The monoisotopic (exact) mass is 308 g/mol. The first kappa shape index (κ1) is 16.5. The molecule has 0 bridgehead atoms. The molecular formula is C17H28N2OS. The second-order valence-corrected chi connectivity index (χ2v) is 7.68. The Labute approximate surface area is 132 Å². The van der Waals surface area contributed by atoms with Crippen LogP contribution in [0.25, 0.3) is 0 Å². The number of nitrogens with zero attached hydrogens (tertiary/aromatic N) is 2. The molecule has 1 saturated heterocycles. The van der Waals surface area contributed by atoms with Crippen LogP contribution in [-0.2, 0) is 11.3 Å². The molecule has 1 amide bonds. The number of hydrogen-bond acceptors (Lipinski definition) is 3. The highest BCUT2D eigenvalue weighted by molar-refractivity contribution is 7.11. The molecule has 1 aliphatic rings. The first-order chi connectivity index (χ1) is 10.1. The van der Waals surface area contributed by atoms with Crippen molar-refractivity contribution in [3.63, 3.8) is 0 Å². The van der Waals surface area contributed by atoms with Crippen molar-refractivity contribution < 1.29 is 4.79 Å². The van der Waals surface area contributed by atoms with Crippen LogP contribution in [0.5, 0.6) is 0 Å². The lowest BCUT2D eigenvalue weighted by atomic mass is 10.2. The van der Waals surface area contributed by atoms with Crippen LogP contribution in [0.2, 0.25) is 0 Å². The van der Waals surface area contributed by atoms with E-state index in [2.05, 4.69) is 42.7 Å². The maximum atomic E-state index is 12.5. The number of thiophene rings is 1. The van der Waals surface area contributed by atoms with Crippen LogP contribution in [0.15, 0.2) is 12.1 Å². The molecule has 0 saturated carbocycles. The minimum atomic E-state index is 0.305. The highest BCUT2D eigenvalue weighted by atomic mass is 32.1. The van der Waals surface area contributed by atoms with Crippen molar-refractivity contribution in [2.24, 2.45) is 0 Å². The summed E-state index contributed by atoms with van der Waals surface area (Å²) in [6, 6.07) is 4.74. The van der Waals surface area contributed by atoms with Gasteiger partial charge in [-0.2, -0.15) is 0 Å². The van der Waals surface area contributed by atoms with Gasteiger partial charge >= 0.3 is 0 Å². The molecule has 4 heteroatoms. The molecule has 0 aromatic carbocycles. The molecule has 1 fully saturated rings. The fraction of sp³-hybridized carbons (Fsp3) is 0.706. The minimum absolute atomic E-state index is 0.305. The van der Waals surface area contributed by atoms with Gasteiger partial charge in [0.05, 0.1) is 6.54 Å². The summed E-state index contributed by atoms with van der Waals surface area (Å²) in [4.78, 5) is 19.6. The molecule has 0 aliphatic carbocycles. The highest BCUT2D eigenvalue weighted by Crippen LogP contribution is 2.19. The fourth-order valence-electron chi connectivity index (χ4n) is 2.79. The smallest absolute Gasteiger partial charge is 0.236 e. The lowest BCUT2D eigenvalue weighted by Crippen LogP contribution is -2.43. The van der Waals surface area contributed by atoms with Crippen molar-refractivity contribution in [2.45, 2.75) is 59.0 Å². The number of carbonyl (C=O) groups is 1. The number of carbonyl (C=O) groups excluding carboxylic acids is 1. The molecular weight excluding hydrogens is 280 g/mol. The Hall–Kier alpha value is -0.870. The molecule has 0 spiro atoms. The van der Waals surface area contributed by atoms with Gasteiger partial charge in [-0.05, 0) is 45.7 Å². The second-order valence-electron chi connectivity index (χ2n) is 6.31. The maximum absolute atomic E-state index is 12.5. The van der Waals surface area contributed by atoms with Crippen molar-refractivity contribution in [2.75, 3.05) is 19.6 Å². The van der Waals surface area contributed by atoms with E-state index in [1.54, 1.807) is 0 Å². The third-order valence-corrected chi connectivity index (χ3v) is 5.17. The highest BCUT2D eigenvalue weighted by Gasteiger charge is 2.20. The zero-order valence-electron chi connectivity index (χ0n) is 13.6. The average molecular weight is 308 g/mol. The van der Waals surface area contributed by atoms with E-state index in [0.717, 1.165) is 32.5 Å². The van der Waals surface area contributed by atoms with Crippen molar-refractivity contribution in [1.82, 2.24) is 9.80 Å². The van der Waals surface area contributed by atoms with Crippen LogP contribution < -0.4 is 0 Å². The molecule has 0 radical (unpaired) electrons. The zero-order valence-corrected chi connectivity index (χ0v) is 14.4. The van der Waals surface area contributed by atoms with E-state index in [1.807, 2.05) is 11.3 Å². The number of amides is 1. The summed E-state index contributed by atoms with van der Waals surface area (Å²) in [5.74, 6) is 0.305. The second kappa shape index (κ2) is 7.95. The van der Waals surface area contributed by atoms with Crippen LogP contribution in [0, 0.1) is 6.92 Å². The topological polar surface area (TPSA) is 23.6 Å². The maximum Gasteiger partial charge on any atom is 0.236 e. The van der Waals surface area contributed by atoms with Gasteiger partial charge < -0.3 is 4.90 Å². The molecule has 0 N–H and O–H groups in total. The van der Waals surface area contributed by atoms with Gasteiger partial charge in [-0.25, -0.2) is 0 Å². The van der Waals surface area contributed by atoms with Gasteiger partial charge in [-0.15, -0.1) is 11.3 Å². The van der Waals surface area contributed by atoms with Crippen LogP contribution >= 0.6 is 11.3 Å². The van der Waals surface area contributed by atoms with Crippen molar-refractivity contribution >= 4 is 17.2 Å². The molecule has 1 aliphatic heterocycles. The Morgan fingerprint density at radius 3 is 2.43 bits per heavy atom. The fourth-order valence-corrected chi connectivity index (χ4v) is 3.70. The van der Waals surface area contributed by atoms with E-state index in [9.17, 15) is 4.79 Å². The summed E-state index contributed by atoms with van der Waals surface area (Å²) in [5.41, 5.74) is 0. The SMILES string of the molecule is Cc1ccc(CN(CC(=O)N2CCCCCC2)C(C)C)s1. The third-order valence-electron chi connectivity index (χ3n) is 4.18. The molecule has 1 aromatic rings. The Bertz CT molecular complexity index is 447. The molecule has 21 heavy (non-hydrogen) atoms. The molecule has 2 heterocycles. The van der Waals surface area contributed by atoms with Crippen LogP contribution in [0.4, 0.5) is 0 Å². The van der Waals surface area contributed by atoms with E-state index in [-0.39, 0.29) is 0 Å². The number of hydrogen-bond donors (Lipinski definition) is 0. The van der Waals surface area contributed by atoms with Gasteiger partial charge in [0, 0.05) is 35.4 Å². The van der Waals surface area contributed by atoms with Crippen molar-refractivity contribution in [3.05, 3.63) is 21.9 Å². The Morgan fingerprint density at radius 1 is 1.24 bits per heavy atom. The van der Waals surface area contributed by atoms with Crippen LogP contribution in [0.3, 0.4) is 0 Å². The predicted octanol–water partition coefficient (Wildman–Crippen LogP) is 3.67. The van der Waals surface area contributed by atoms with E-state index < -0.39 is 0 Å². The van der Waals surface area contributed by atoms with Gasteiger partial charge in [0.15, 0.2) is 0 Å². The molecule has 3 nitrogen and oxygen atoms in total. The molecule has 2 rings (SSSR count). The van der Waals surface area contributed by atoms with Gasteiger partial charge in [0.1, 0.15) is 0 Å². The van der Waals surface area contributed by atoms with Gasteiger partial charge in [0.25, 0.3) is 0 Å². The third kappa shape index (κ3) is 5.11. The predicted molar refractivity (Wildman–Crippen MR) is 89.7 cm³/mol. The van der Waals surface area contributed by atoms with E-state index >= 15 is 0 Å². The Morgan fingerprint density at radius 2 is 1.90 bits per heavy atom. The van der Waals surface area contributed by atoms with Gasteiger partial charge in [0.2, 0.25) is 5.91 Å². The largest absolute Gasteiger partial charge is 0.342 e. The Balaban J connectivity index is 1.93. The zero-order chi connectivity index (χ0) is 15.2. The summed E-state index contributed by atoms with van der Waals surface area (Å²) in [6.45, 7) is 9.82. The number of aryl methyl sites for hydroxylation is 1. The summed E-state index contributed by atoms with van der Waals surface area (Å²) in [7, 11) is 0. The van der Waals surface area contributed by atoms with Crippen LogP contribution in [-0.4, -0.2) is 41.4 Å². The summed E-state index contributed by atoms with van der Waals surface area (Å²) < 4.78 is 0. The lowest BCUT2D eigenvalue weighted by molar-refractivity contribution is -0.133. The molecule has 118 valence electrons. The number of rotatable bonds is 5. The van der Waals surface area contributed by atoms with Gasteiger partial charge in [-0.3, -0.25) is 9.69 Å². The molecule has 0 unspecified atom stereocenters. The quantitative estimate of drug-likeness (QED) is 0.828. The first-order valence-electron chi connectivity index (χ1n) is 8.13.